The molecule has 0 radical (unpaired) electrons. The highest BCUT2D eigenvalue weighted by molar-refractivity contribution is 6.04. The average Bonchev–Trinajstić information content (AvgIpc) is 2.72. The molecule has 144 valence electrons. The quantitative estimate of drug-likeness (QED) is 0.551. The third kappa shape index (κ3) is 5.39. The Balaban J connectivity index is 1.52. The number of rotatable bonds is 8. The van der Waals surface area contributed by atoms with E-state index in [-0.39, 0.29) is 5.91 Å². The first-order valence-corrected chi connectivity index (χ1v) is 9.63. The van der Waals surface area contributed by atoms with Gasteiger partial charge in [-0.1, -0.05) is 62.4 Å². The second-order valence-corrected chi connectivity index (χ2v) is 7.01. The van der Waals surface area contributed by atoms with Crippen LogP contribution >= 0.6 is 0 Å². The molecule has 5 nitrogen and oxygen atoms in total. The van der Waals surface area contributed by atoms with Gasteiger partial charge in [-0.2, -0.15) is 0 Å². The van der Waals surface area contributed by atoms with Gasteiger partial charge in [0.2, 0.25) is 5.95 Å². The maximum atomic E-state index is 12.5. The first kappa shape index (κ1) is 19.5. The van der Waals surface area contributed by atoms with Crippen LogP contribution in [0.25, 0.3) is 0 Å². The van der Waals surface area contributed by atoms with Crippen LogP contribution < -0.4 is 10.6 Å². The van der Waals surface area contributed by atoms with E-state index in [0.29, 0.717) is 17.4 Å². The second kappa shape index (κ2) is 9.65. The first-order valence-electron chi connectivity index (χ1n) is 9.63. The Bertz CT molecular complexity index is 892. The fraction of sp³-hybridized carbons (Fsp3) is 0.261. The Kier molecular flexibility index (Phi) is 6.73. The maximum absolute atomic E-state index is 12.5. The molecule has 0 saturated heterocycles. The summed E-state index contributed by atoms with van der Waals surface area (Å²) in [6.07, 6.45) is 5.10. The zero-order valence-electron chi connectivity index (χ0n) is 16.4. The van der Waals surface area contributed by atoms with Crippen molar-refractivity contribution in [2.75, 3.05) is 17.2 Å². The van der Waals surface area contributed by atoms with E-state index in [0.717, 1.165) is 30.6 Å². The number of para-hydroxylation sites is 1. The molecule has 0 saturated carbocycles. The molecule has 0 aliphatic heterocycles. The smallest absolute Gasteiger partial charge is 0.258 e. The number of carbonyl (C=O) groups is 1. The first-order chi connectivity index (χ1) is 13.6. The molecule has 1 aromatic heterocycles. The molecule has 2 N–H and O–H groups in total. The normalized spacial score (nSPS) is 10.7. The van der Waals surface area contributed by atoms with Crippen molar-refractivity contribution in [1.29, 1.82) is 0 Å². The van der Waals surface area contributed by atoms with Crippen molar-refractivity contribution < 1.29 is 4.79 Å². The number of nitrogens with one attached hydrogen (secondary N) is 2. The van der Waals surface area contributed by atoms with Crippen molar-refractivity contribution in [2.24, 2.45) is 0 Å². The summed E-state index contributed by atoms with van der Waals surface area (Å²) in [5.41, 5.74) is 3.69. The number of anilines is 2. The lowest BCUT2D eigenvalue weighted by Crippen LogP contribution is -2.15. The molecular formula is C23H26N4O. The molecule has 0 bridgehead atoms. The second-order valence-electron chi connectivity index (χ2n) is 7.01. The Morgan fingerprint density at radius 1 is 0.964 bits per heavy atom. The van der Waals surface area contributed by atoms with Gasteiger partial charge in [0.25, 0.3) is 5.91 Å². The van der Waals surface area contributed by atoms with Crippen molar-refractivity contribution in [3.63, 3.8) is 0 Å². The van der Waals surface area contributed by atoms with Crippen LogP contribution in [0.15, 0.2) is 67.0 Å². The summed E-state index contributed by atoms with van der Waals surface area (Å²) in [4.78, 5) is 21.0. The van der Waals surface area contributed by atoms with E-state index in [4.69, 9.17) is 0 Å². The molecule has 5 heteroatoms. The standard InChI is InChI=1S/C23H26N4O/c1-17(2)20-12-6-7-13-21(20)27-22(28)19-15-25-23(26-16-19)24-14-8-11-18-9-4-3-5-10-18/h3-7,9-10,12-13,15-17H,8,11,14H2,1-2H3,(H,27,28)(H,24,25,26). The molecule has 0 atom stereocenters. The van der Waals surface area contributed by atoms with Gasteiger partial charge >= 0.3 is 0 Å². The summed E-state index contributed by atoms with van der Waals surface area (Å²) in [5.74, 6) is 0.658. The van der Waals surface area contributed by atoms with Crippen LogP contribution in [-0.2, 0) is 6.42 Å². The molecular weight excluding hydrogens is 348 g/mol. The van der Waals surface area contributed by atoms with Crippen LogP contribution in [-0.4, -0.2) is 22.4 Å². The zero-order valence-corrected chi connectivity index (χ0v) is 16.4. The summed E-state index contributed by atoms with van der Waals surface area (Å²) < 4.78 is 0. The van der Waals surface area contributed by atoms with Gasteiger partial charge in [-0.25, -0.2) is 9.97 Å². The van der Waals surface area contributed by atoms with Crippen LogP contribution in [0.3, 0.4) is 0 Å². The van der Waals surface area contributed by atoms with E-state index in [1.165, 1.54) is 5.56 Å². The number of aromatic nitrogens is 2. The monoisotopic (exact) mass is 374 g/mol. The van der Waals surface area contributed by atoms with E-state index in [9.17, 15) is 4.79 Å². The minimum absolute atomic E-state index is 0.205. The summed E-state index contributed by atoms with van der Waals surface area (Å²) >= 11 is 0. The van der Waals surface area contributed by atoms with Crippen molar-refractivity contribution in [3.05, 3.63) is 83.7 Å². The highest BCUT2D eigenvalue weighted by Crippen LogP contribution is 2.24. The van der Waals surface area contributed by atoms with Gasteiger partial charge in [0.1, 0.15) is 0 Å². The molecule has 0 spiro atoms. The van der Waals surface area contributed by atoms with Gasteiger partial charge in [-0.05, 0) is 36.0 Å². The summed E-state index contributed by atoms with van der Waals surface area (Å²) in [5, 5.41) is 6.16. The van der Waals surface area contributed by atoms with Crippen LogP contribution in [0.5, 0.6) is 0 Å². The van der Waals surface area contributed by atoms with E-state index in [1.807, 2.05) is 30.3 Å². The Morgan fingerprint density at radius 3 is 2.36 bits per heavy atom. The van der Waals surface area contributed by atoms with Gasteiger partial charge in [0.05, 0.1) is 5.56 Å². The number of hydrogen-bond acceptors (Lipinski definition) is 4. The van der Waals surface area contributed by atoms with Crippen molar-refractivity contribution in [1.82, 2.24) is 9.97 Å². The van der Waals surface area contributed by atoms with Crippen molar-refractivity contribution in [2.45, 2.75) is 32.6 Å². The Labute approximate surface area is 166 Å². The number of amides is 1. The third-order valence-electron chi connectivity index (χ3n) is 4.51. The zero-order chi connectivity index (χ0) is 19.8. The van der Waals surface area contributed by atoms with Crippen molar-refractivity contribution >= 4 is 17.5 Å². The fourth-order valence-corrected chi connectivity index (χ4v) is 2.98. The lowest BCUT2D eigenvalue weighted by Gasteiger charge is -2.13. The fourth-order valence-electron chi connectivity index (χ4n) is 2.98. The number of aryl methyl sites for hydroxylation is 1. The molecule has 28 heavy (non-hydrogen) atoms. The molecule has 0 aliphatic rings. The summed E-state index contributed by atoms with van der Waals surface area (Å²) in [7, 11) is 0. The Hall–Kier alpha value is -3.21. The van der Waals surface area contributed by atoms with Crippen molar-refractivity contribution in [3.8, 4) is 0 Å². The van der Waals surface area contributed by atoms with Gasteiger partial charge < -0.3 is 10.6 Å². The van der Waals surface area contributed by atoms with Gasteiger partial charge in [0, 0.05) is 24.6 Å². The Morgan fingerprint density at radius 2 is 1.64 bits per heavy atom. The van der Waals surface area contributed by atoms with Gasteiger partial charge in [-0.15, -0.1) is 0 Å². The minimum Gasteiger partial charge on any atom is -0.354 e. The van der Waals surface area contributed by atoms with Crippen LogP contribution in [0.2, 0.25) is 0 Å². The molecule has 1 amide bonds. The topological polar surface area (TPSA) is 66.9 Å². The average molecular weight is 374 g/mol. The molecule has 2 aromatic carbocycles. The summed E-state index contributed by atoms with van der Waals surface area (Å²) in [6.45, 7) is 4.99. The summed E-state index contributed by atoms with van der Waals surface area (Å²) in [6, 6.07) is 18.2. The molecule has 1 heterocycles. The number of carbonyl (C=O) groups excluding carboxylic acids is 1. The molecule has 0 aliphatic carbocycles. The van der Waals surface area contributed by atoms with E-state index < -0.39 is 0 Å². The lowest BCUT2D eigenvalue weighted by molar-refractivity contribution is 0.102. The van der Waals surface area contributed by atoms with Crippen LogP contribution in [0, 0.1) is 0 Å². The number of hydrogen-bond donors (Lipinski definition) is 2. The number of benzene rings is 2. The lowest BCUT2D eigenvalue weighted by atomic mass is 10.0. The highest BCUT2D eigenvalue weighted by Gasteiger charge is 2.11. The predicted octanol–water partition coefficient (Wildman–Crippen LogP) is 4.90. The van der Waals surface area contributed by atoms with E-state index >= 15 is 0 Å². The predicted molar refractivity (Wildman–Crippen MR) is 114 cm³/mol. The highest BCUT2D eigenvalue weighted by atomic mass is 16.1. The van der Waals surface area contributed by atoms with Gasteiger partial charge in [0.15, 0.2) is 0 Å². The molecule has 0 unspecified atom stereocenters. The largest absolute Gasteiger partial charge is 0.354 e. The maximum Gasteiger partial charge on any atom is 0.258 e. The van der Waals surface area contributed by atoms with E-state index in [2.05, 4.69) is 58.7 Å². The van der Waals surface area contributed by atoms with Crippen LogP contribution in [0.1, 0.15) is 47.7 Å². The third-order valence-corrected chi connectivity index (χ3v) is 4.51. The minimum atomic E-state index is -0.205. The number of nitrogens with zero attached hydrogens (tertiary/aromatic N) is 2. The van der Waals surface area contributed by atoms with Crippen LogP contribution in [0.4, 0.5) is 11.6 Å². The molecule has 0 fully saturated rings. The SMILES string of the molecule is CC(C)c1ccccc1NC(=O)c1cnc(NCCCc2ccccc2)nc1. The van der Waals surface area contributed by atoms with Gasteiger partial charge in [-0.3, -0.25) is 4.79 Å². The van der Waals surface area contributed by atoms with E-state index in [1.54, 1.807) is 12.4 Å². The molecule has 3 rings (SSSR count). The molecule has 3 aromatic rings.